The molecule has 4 rings (SSSR count). The first kappa shape index (κ1) is 17.7. The molecule has 1 aliphatic heterocycles. The van der Waals surface area contributed by atoms with Crippen molar-refractivity contribution in [2.24, 2.45) is 0 Å². The highest BCUT2D eigenvalue weighted by Crippen LogP contribution is 2.22. The van der Waals surface area contributed by atoms with Gasteiger partial charge < -0.3 is 15.0 Å². The summed E-state index contributed by atoms with van der Waals surface area (Å²) in [5.74, 6) is 0.841. The highest BCUT2D eigenvalue weighted by Gasteiger charge is 2.20. The quantitative estimate of drug-likeness (QED) is 0.730. The molecule has 7 nitrogen and oxygen atoms in total. The first-order chi connectivity index (χ1) is 13.2. The van der Waals surface area contributed by atoms with Gasteiger partial charge in [-0.15, -0.1) is 0 Å². The highest BCUT2D eigenvalue weighted by atomic mass is 32.1. The maximum absolute atomic E-state index is 12.4. The number of hydrogen-bond acceptors (Lipinski definition) is 7. The summed E-state index contributed by atoms with van der Waals surface area (Å²) in [7, 11) is 1.67. The maximum Gasteiger partial charge on any atom is 0.238 e. The third-order valence-corrected chi connectivity index (χ3v) is 5.28. The normalized spacial score (nSPS) is 15.1. The second-order valence-electron chi connectivity index (χ2n) is 6.45. The van der Waals surface area contributed by atoms with E-state index in [-0.39, 0.29) is 5.91 Å². The molecule has 0 bridgehead atoms. The molecule has 1 amide bonds. The van der Waals surface area contributed by atoms with Gasteiger partial charge in [0.1, 0.15) is 16.8 Å². The van der Waals surface area contributed by atoms with E-state index >= 15 is 0 Å². The minimum atomic E-state index is -0.0200. The van der Waals surface area contributed by atoms with Crippen molar-refractivity contribution in [2.45, 2.75) is 0 Å². The number of benzene rings is 2. The molecule has 0 spiro atoms. The summed E-state index contributed by atoms with van der Waals surface area (Å²) in [5.41, 5.74) is 3.47. The summed E-state index contributed by atoms with van der Waals surface area (Å²) in [6, 6.07) is 13.7. The topological polar surface area (TPSA) is 70.6 Å². The van der Waals surface area contributed by atoms with Gasteiger partial charge in [0.15, 0.2) is 0 Å². The lowest BCUT2D eigenvalue weighted by atomic mass is 10.2. The molecular formula is C19H21N5O2S. The average Bonchev–Trinajstić information content (AvgIpc) is 3.19. The fourth-order valence-electron chi connectivity index (χ4n) is 3.26. The zero-order chi connectivity index (χ0) is 18.6. The van der Waals surface area contributed by atoms with Gasteiger partial charge in [-0.25, -0.2) is 0 Å². The van der Waals surface area contributed by atoms with E-state index in [1.54, 1.807) is 7.11 Å². The second kappa shape index (κ2) is 7.89. The zero-order valence-corrected chi connectivity index (χ0v) is 15.9. The Kier molecular flexibility index (Phi) is 5.17. The van der Waals surface area contributed by atoms with Crippen LogP contribution in [0.1, 0.15) is 0 Å². The Hall–Kier alpha value is -2.71. The van der Waals surface area contributed by atoms with Gasteiger partial charge in [-0.3, -0.25) is 9.69 Å². The number of aromatic nitrogens is 2. The van der Waals surface area contributed by atoms with Crippen LogP contribution in [-0.2, 0) is 4.79 Å². The number of anilines is 2. The number of fused-ring (bicyclic) bond motifs is 1. The summed E-state index contributed by atoms with van der Waals surface area (Å²) in [6.45, 7) is 3.87. The Morgan fingerprint density at radius 3 is 2.63 bits per heavy atom. The smallest absolute Gasteiger partial charge is 0.238 e. The Morgan fingerprint density at radius 2 is 1.89 bits per heavy atom. The molecule has 1 aromatic heterocycles. The zero-order valence-electron chi connectivity index (χ0n) is 15.1. The predicted octanol–water partition coefficient (Wildman–Crippen LogP) is 2.46. The third-order valence-electron chi connectivity index (χ3n) is 4.74. The van der Waals surface area contributed by atoms with Crippen LogP contribution in [0.5, 0.6) is 5.75 Å². The van der Waals surface area contributed by atoms with Gasteiger partial charge in [-0.1, -0.05) is 6.07 Å². The average molecular weight is 383 g/mol. The van der Waals surface area contributed by atoms with Gasteiger partial charge in [0.25, 0.3) is 0 Å². The van der Waals surface area contributed by atoms with Crippen LogP contribution in [0, 0.1) is 0 Å². The van der Waals surface area contributed by atoms with Gasteiger partial charge in [-0.05, 0) is 36.4 Å². The first-order valence-electron chi connectivity index (χ1n) is 8.85. The van der Waals surface area contributed by atoms with Crippen LogP contribution < -0.4 is 15.0 Å². The van der Waals surface area contributed by atoms with Gasteiger partial charge in [0, 0.05) is 31.9 Å². The predicted molar refractivity (Wildman–Crippen MR) is 108 cm³/mol. The van der Waals surface area contributed by atoms with Crippen molar-refractivity contribution in [3.63, 3.8) is 0 Å². The summed E-state index contributed by atoms with van der Waals surface area (Å²) in [4.78, 5) is 16.9. The number of nitrogens with zero attached hydrogens (tertiary/aromatic N) is 4. The maximum atomic E-state index is 12.4. The number of rotatable bonds is 5. The number of nitrogens with one attached hydrogen (secondary N) is 1. The largest absolute Gasteiger partial charge is 0.497 e. The van der Waals surface area contributed by atoms with Gasteiger partial charge in [-0.2, -0.15) is 8.75 Å². The van der Waals surface area contributed by atoms with Crippen LogP contribution in [0.3, 0.4) is 0 Å². The molecule has 0 unspecified atom stereocenters. The van der Waals surface area contributed by atoms with Crippen LogP contribution in [0.15, 0.2) is 42.5 Å². The van der Waals surface area contributed by atoms with Crippen molar-refractivity contribution in [3.05, 3.63) is 42.5 Å². The van der Waals surface area contributed by atoms with E-state index in [1.165, 1.54) is 5.69 Å². The number of carbonyl (C=O) groups is 1. The van der Waals surface area contributed by atoms with E-state index in [4.69, 9.17) is 4.74 Å². The summed E-state index contributed by atoms with van der Waals surface area (Å²) < 4.78 is 13.7. The summed E-state index contributed by atoms with van der Waals surface area (Å²) in [6.07, 6.45) is 0. The van der Waals surface area contributed by atoms with Crippen molar-refractivity contribution in [3.8, 4) is 5.75 Å². The molecule has 1 N–H and O–H groups in total. The lowest BCUT2D eigenvalue weighted by molar-refractivity contribution is -0.117. The van der Waals surface area contributed by atoms with E-state index < -0.39 is 0 Å². The minimum absolute atomic E-state index is 0.0200. The Bertz CT molecular complexity index is 919. The van der Waals surface area contributed by atoms with E-state index in [1.807, 2.05) is 30.3 Å². The first-order valence-corrected chi connectivity index (χ1v) is 9.58. The van der Waals surface area contributed by atoms with Crippen LogP contribution in [-0.4, -0.2) is 59.4 Å². The molecule has 8 heteroatoms. The molecule has 1 fully saturated rings. The second-order valence-corrected chi connectivity index (χ2v) is 6.98. The molecule has 0 radical (unpaired) electrons. The van der Waals surface area contributed by atoms with Crippen LogP contribution >= 0.6 is 11.7 Å². The molecule has 0 saturated carbocycles. The van der Waals surface area contributed by atoms with E-state index in [0.29, 0.717) is 6.54 Å². The highest BCUT2D eigenvalue weighted by molar-refractivity contribution is 7.00. The number of amides is 1. The Balaban J connectivity index is 1.31. The summed E-state index contributed by atoms with van der Waals surface area (Å²) in [5, 5.41) is 2.97. The SMILES string of the molecule is COc1ccc(N2CCN(CC(=O)Nc3cccc4nsnc34)CC2)cc1. The van der Waals surface area contributed by atoms with Crippen molar-refractivity contribution in [2.75, 3.05) is 50.1 Å². The molecule has 3 aromatic rings. The fraction of sp³-hybridized carbons (Fsp3) is 0.316. The fourth-order valence-corrected chi connectivity index (χ4v) is 3.81. The molecule has 2 aromatic carbocycles. The lowest BCUT2D eigenvalue weighted by Gasteiger charge is -2.35. The molecule has 0 atom stereocenters. The molecule has 27 heavy (non-hydrogen) atoms. The van der Waals surface area contributed by atoms with E-state index in [2.05, 4.69) is 36.0 Å². The van der Waals surface area contributed by atoms with E-state index in [0.717, 1.165) is 60.4 Å². The minimum Gasteiger partial charge on any atom is -0.497 e. The van der Waals surface area contributed by atoms with Crippen molar-refractivity contribution < 1.29 is 9.53 Å². The number of hydrogen-bond donors (Lipinski definition) is 1. The Morgan fingerprint density at radius 1 is 1.11 bits per heavy atom. The van der Waals surface area contributed by atoms with Crippen LogP contribution in [0.4, 0.5) is 11.4 Å². The number of ether oxygens (including phenoxy) is 1. The molecule has 140 valence electrons. The van der Waals surface area contributed by atoms with Crippen molar-refractivity contribution in [1.82, 2.24) is 13.6 Å². The van der Waals surface area contributed by atoms with E-state index in [9.17, 15) is 4.79 Å². The van der Waals surface area contributed by atoms with Crippen molar-refractivity contribution >= 4 is 40.0 Å². The monoisotopic (exact) mass is 383 g/mol. The molecule has 1 saturated heterocycles. The number of methoxy groups -OCH3 is 1. The number of piperazine rings is 1. The molecular weight excluding hydrogens is 362 g/mol. The Labute approximate surface area is 161 Å². The number of carbonyl (C=O) groups excluding carboxylic acids is 1. The van der Waals surface area contributed by atoms with Gasteiger partial charge >= 0.3 is 0 Å². The van der Waals surface area contributed by atoms with Crippen LogP contribution in [0.2, 0.25) is 0 Å². The van der Waals surface area contributed by atoms with Crippen LogP contribution in [0.25, 0.3) is 11.0 Å². The standard InChI is InChI=1S/C19H21N5O2S/c1-26-15-7-5-14(6-8-15)24-11-9-23(10-12-24)13-18(25)20-16-3-2-4-17-19(16)22-27-21-17/h2-8H,9-13H2,1H3,(H,20,25). The lowest BCUT2D eigenvalue weighted by Crippen LogP contribution is -2.48. The van der Waals surface area contributed by atoms with Gasteiger partial charge in [0.05, 0.1) is 31.1 Å². The third kappa shape index (κ3) is 4.01. The molecule has 0 aliphatic carbocycles. The molecule has 2 heterocycles. The van der Waals surface area contributed by atoms with Gasteiger partial charge in [0.2, 0.25) is 5.91 Å². The van der Waals surface area contributed by atoms with Crippen molar-refractivity contribution in [1.29, 1.82) is 0 Å². The molecule has 1 aliphatic rings. The summed E-state index contributed by atoms with van der Waals surface area (Å²) >= 11 is 1.16.